The van der Waals surface area contributed by atoms with E-state index in [1.165, 1.54) is 11.3 Å². The number of nitrogens with zero attached hydrogens (tertiary/aromatic N) is 2. The molecule has 0 unspecified atom stereocenters. The molecule has 0 aliphatic heterocycles. The van der Waals surface area contributed by atoms with Crippen molar-refractivity contribution in [3.05, 3.63) is 58.7 Å². The Kier molecular flexibility index (Phi) is 5.86. The second kappa shape index (κ2) is 8.31. The van der Waals surface area contributed by atoms with Crippen LogP contribution in [0.4, 0.5) is 5.13 Å². The van der Waals surface area contributed by atoms with Crippen LogP contribution >= 0.6 is 11.3 Å². The number of benzene rings is 1. The van der Waals surface area contributed by atoms with E-state index in [2.05, 4.69) is 43.0 Å². The van der Waals surface area contributed by atoms with Crippen molar-refractivity contribution in [3.8, 4) is 17.0 Å². The summed E-state index contributed by atoms with van der Waals surface area (Å²) in [6.07, 6.45) is 3.19. The standard InChI is InChI=1S/C21H23N3O2S/c1-13(2)11-26-17-9-14(3)19(15(4)10-17)18-12-27-21(23-18)24-20(25)16-5-7-22-8-6-16/h5-10,12-13H,11H2,1-4H3,(H,23,24,25). The molecule has 3 aromatic rings. The lowest BCUT2D eigenvalue weighted by Gasteiger charge is -2.13. The van der Waals surface area contributed by atoms with Crippen molar-refractivity contribution < 1.29 is 9.53 Å². The third kappa shape index (κ3) is 4.71. The van der Waals surface area contributed by atoms with Gasteiger partial charge in [0, 0.05) is 28.9 Å². The summed E-state index contributed by atoms with van der Waals surface area (Å²) >= 11 is 1.41. The summed E-state index contributed by atoms with van der Waals surface area (Å²) in [7, 11) is 0. The number of pyridine rings is 1. The minimum absolute atomic E-state index is 0.191. The van der Waals surface area contributed by atoms with Crippen LogP contribution in [0.25, 0.3) is 11.3 Å². The summed E-state index contributed by atoms with van der Waals surface area (Å²) in [5, 5.41) is 5.39. The van der Waals surface area contributed by atoms with Gasteiger partial charge < -0.3 is 4.74 Å². The number of ether oxygens (including phenoxy) is 1. The molecule has 0 bridgehead atoms. The first-order valence-corrected chi connectivity index (χ1v) is 9.73. The zero-order valence-electron chi connectivity index (χ0n) is 15.9. The molecular formula is C21H23N3O2S. The molecule has 0 saturated carbocycles. The molecule has 2 heterocycles. The summed E-state index contributed by atoms with van der Waals surface area (Å²) < 4.78 is 5.85. The molecule has 1 aromatic carbocycles. The second-order valence-corrected chi connectivity index (χ2v) is 7.72. The molecule has 3 rings (SSSR count). The van der Waals surface area contributed by atoms with Gasteiger partial charge in [-0.15, -0.1) is 11.3 Å². The Bertz CT molecular complexity index is 913. The maximum atomic E-state index is 12.3. The number of anilines is 1. The Balaban J connectivity index is 1.79. The summed E-state index contributed by atoms with van der Waals surface area (Å²) in [6, 6.07) is 7.43. The molecule has 6 heteroatoms. The van der Waals surface area contributed by atoms with Crippen molar-refractivity contribution >= 4 is 22.4 Å². The molecule has 1 N–H and O–H groups in total. The van der Waals surface area contributed by atoms with Crippen molar-refractivity contribution in [2.75, 3.05) is 11.9 Å². The van der Waals surface area contributed by atoms with Crippen molar-refractivity contribution in [2.45, 2.75) is 27.7 Å². The number of aromatic nitrogens is 2. The average Bonchev–Trinajstić information content (AvgIpc) is 3.08. The number of carbonyl (C=O) groups is 1. The lowest BCUT2D eigenvalue weighted by molar-refractivity contribution is 0.102. The number of rotatable bonds is 6. The van der Waals surface area contributed by atoms with Crippen LogP contribution in [0.15, 0.2) is 42.0 Å². The molecule has 1 amide bonds. The summed E-state index contributed by atoms with van der Waals surface area (Å²) in [4.78, 5) is 20.8. The number of carbonyl (C=O) groups excluding carboxylic acids is 1. The monoisotopic (exact) mass is 381 g/mol. The summed E-state index contributed by atoms with van der Waals surface area (Å²) in [6.45, 7) is 9.06. The molecule has 0 spiro atoms. The lowest BCUT2D eigenvalue weighted by Crippen LogP contribution is -2.11. The predicted molar refractivity (Wildman–Crippen MR) is 110 cm³/mol. The number of hydrogen-bond acceptors (Lipinski definition) is 5. The first-order chi connectivity index (χ1) is 12.9. The minimum atomic E-state index is -0.191. The highest BCUT2D eigenvalue weighted by molar-refractivity contribution is 7.14. The van der Waals surface area contributed by atoms with E-state index in [0.717, 1.165) is 28.1 Å². The smallest absolute Gasteiger partial charge is 0.257 e. The topological polar surface area (TPSA) is 64.1 Å². The maximum Gasteiger partial charge on any atom is 0.257 e. The van der Waals surface area contributed by atoms with Crippen LogP contribution < -0.4 is 10.1 Å². The van der Waals surface area contributed by atoms with Gasteiger partial charge in [-0.1, -0.05) is 13.8 Å². The normalized spacial score (nSPS) is 10.9. The van der Waals surface area contributed by atoms with Gasteiger partial charge in [-0.2, -0.15) is 0 Å². The highest BCUT2D eigenvalue weighted by Crippen LogP contribution is 2.33. The zero-order valence-corrected chi connectivity index (χ0v) is 16.8. The van der Waals surface area contributed by atoms with Crippen molar-refractivity contribution in [2.24, 2.45) is 5.92 Å². The quantitative estimate of drug-likeness (QED) is 0.644. The number of aryl methyl sites for hydroxylation is 2. The van der Waals surface area contributed by atoms with Gasteiger partial charge in [-0.3, -0.25) is 15.1 Å². The van der Waals surface area contributed by atoms with Gasteiger partial charge in [0.2, 0.25) is 0 Å². The Morgan fingerprint density at radius 1 is 1.19 bits per heavy atom. The fourth-order valence-electron chi connectivity index (χ4n) is 2.79. The van der Waals surface area contributed by atoms with Gasteiger partial charge in [0.1, 0.15) is 5.75 Å². The molecule has 0 fully saturated rings. The third-order valence-electron chi connectivity index (χ3n) is 4.01. The average molecular weight is 382 g/mol. The molecule has 0 radical (unpaired) electrons. The molecular weight excluding hydrogens is 358 g/mol. The van der Waals surface area contributed by atoms with E-state index in [9.17, 15) is 4.79 Å². The first kappa shape index (κ1) is 19.0. The van der Waals surface area contributed by atoms with Gasteiger partial charge in [0.05, 0.1) is 12.3 Å². The van der Waals surface area contributed by atoms with Crippen LogP contribution in [0.3, 0.4) is 0 Å². The van der Waals surface area contributed by atoms with E-state index in [1.807, 2.05) is 17.5 Å². The number of thiazole rings is 1. The Morgan fingerprint density at radius 2 is 1.85 bits per heavy atom. The Labute approximate surface area is 163 Å². The maximum absolute atomic E-state index is 12.3. The fraction of sp³-hybridized carbons (Fsp3) is 0.286. The van der Waals surface area contributed by atoms with Crippen molar-refractivity contribution in [1.82, 2.24) is 9.97 Å². The molecule has 140 valence electrons. The number of amides is 1. The van der Waals surface area contributed by atoms with Crippen LogP contribution in [0, 0.1) is 19.8 Å². The number of hydrogen-bond donors (Lipinski definition) is 1. The SMILES string of the molecule is Cc1cc(OCC(C)C)cc(C)c1-c1csc(NC(=O)c2ccncc2)n1. The highest BCUT2D eigenvalue weighted by atomic mass is 32.1. The van der Waals surface area contributed by atoms with E-state index in [1.54, 1.807) is 24.5 Å². The Morgan fingerprint density at radius 3 is 2.48 bits per heavy atom. The van der Waals surface area contributed by atoms with Crippen molar-refractivity contribution in [1.29, 1.82) is 0 Å². The molecule has 5 nitrogen and oxygen atoms in total. The van der Waals surface area contributed by atoms with Crippen molar-refractivity contribution in [3.63, 3.8) is 0 Å². The summed E-state index contributed by atoms with van der Waals surface area (Å²) in [5.41, 5.74) is 4.70. The van der Waals surface area contributed by atoms with E-state index in [0.29, 0.717) is 23.2 Å². The van der Waals surface area contributed by atoms with Gasteiger partial charge in [-0.05, 0) is 55.2 Å². The molecule has 0 aliphatic carbocycles. The highest BCUT2D eigenvalue weighted by Gasteiger charge is 2.14. The predicted octanol–water partition coefficient (Wildman–Crippen LogP) is 5.11. The molecule has 2 aromatic heterocycles. The van der Waals surface area contributed by atoms with Gasteiger partial charge in [0.15, 0.2) is 5.13 Å². The van der Waals surface area contributed by atoms with Crippen LogP contribution in [0.2, 0.25) is 0 Å². The zero-order chi connectivity index (χ0) is 19.4. The van der Waals surface area contributed by atoms with Crippen LogP contribution in [0.5, 0.6) is 5.75 Å². The Hall–Kier alpha value is -2.73. The summed E-state index contributed by atoms with van der Waals surface area (Å²) in [5.74, 6) is 1.17. The fourth-order valence-corrected chi connectivity index (χ4v) is 3.49. The van der Waals surface area contributed by atoms with Crippen LogP contribution in [-0.2, 0) is 0 Å². The molecule has 0 aliphatic rings. The third-order valence-corrected chi connectivity index (χ3v) is 4.77. The van der Waals surface area contributed by atoms with Crippen LogP contribution in [0.1, 0.15) is 35.3 Å². The number of nitrogens with one attached hydrogen (secondary N) is 1. The van der Waals surface area contributed by atoms with E-state index >= 15 is 0 Å². The second-order valence-electron chi connectivity index (χ2n) is 6.86. The molecule has 27 heavy (non-hydrogen) atoms. The lowest BCUT2D eigenvalue weighted by atomic mass is 10.0. The van der Waals surface area contributed by atoms with Gasteiger partial charge in [-0.25, -0.2) is 4.98 Å². The van der Waals surface area contributed by atoms with Crippen LogP contribution in [-0.4, -0.2) is 22.5 Å². The molecule has 0 saturated heterocycles. The van der Waals surface area contributed by atoms with E-state index < -0.39 is 0 Å². The van der Waals surface area contributed by atoms with E-state index in [-0.39, 0.29) is 5.91 Å². The first-order valence-electron chi connectivity index (χ1n) is 8.85. The largest absolute Gasteiger partial charge is 0.493 e. The van der Waals surface area contributed by atoms with Gasteiger partial charge in [0.25, 0.3) is 5.91 Å². The molecule has 0 atom stereocenters. The van der Waals surface area contributed by atoms with E-state index in [4.69, 9.17) is 4.74 Å². The minimum Gasteiger partial charge on any atom is -0.493 e. The van der Waals surface area contributed by atoms with Gasteiger partial charge >= 0.3 is 0 Å².